The van der Waals surface area contributed by atoms with Crippen LogP contribution in [0.4, 0.5) is 0 Å². The van der Waals surface area contributed by atoms with Crippen molar-refractivity contribution >= 4 is 27.3 Å². The minimum absolute atomic E-state index is 0.318. The van der Waals surface area contributed by atoms with Crippen LogP contribution in [0.3, 0.4) is 0 Å². The normalized spacial score (nSPS) is 12.7. The van der Waals surface area contributed by atoms with Gasteiger partial charge in [-0.15, -0.1) is 11.3 Å². The van der Waals surface area contributed by atoms with Gasteiger partial charge in [0.15, 0.2) is 0 Å². The molecule has 2 rings (SSSR count). The Kier molecular flexibility index (Phi) is 4.54. The maximum absolute atomic E-state index is 4.53. The van der Waals surface area contributed by atoms with Crippen molar-refractivity contribution in [1.29, 1.82) is 0 Å². The summed E-state index contributed by atoms with van der Waals surface area (Å²) in [5.41, 5.74) is 3.74. The van der Waals surface area contributed by atoms with Gasteiger partial charge in [-0.25, -0.2) is 4.98 Å². The predicted molar refractivity (Wildman–Crippen MR) is 81.2 cm³/mol. The first-order valence-corrected chi connectivity index (χ1v) is 7.61. The number of nitrogens with one attached hydrogen (secondary N) is 1. The molecule has 1 N–H and O–H groups in total. The summed E-state index contributed by atoms with van der Waals surface area (Å²) in [6, 6.07) is 6.82. The average Bonchev–Trinajstić information content (AvgIpc) is 2.75. The third kappa shape index (κ3) is 3.19. The Morgan fingerprint density at radius 2 is 2.17 bits per heavy atom. The van der Waals surface area contributed by atoms with E-state index in [1.165, 1.54) is 11.1 Å². The van der Waals surface area contributed by atoms with E-state index in [0.717, 1.165) is 21.6 Å². The number of thiazole rings is 1. The summed E-state index contributed by atoms with van der Waals surface area (Å²) in [4.78, 5) is 4.53. The van der Waals surface area contributed by atoms with Crippen LogP contribution >= 0.6 is 27.3 Å². The lowest BCUT2D eigenvalue weighted by molar-refractivity contribution is 0.585. The van der Waals surface area contributed by atoms with Crippen molar-refractivity contribution in [2.24, 2.45) is 0 Å². The summed E-state index contributed by atoms with van der Waals surface area (Å²) < 4.78 is 1.16. The maximum Gasteiger partial charge on any atom is 0.0897 e. The molecule has 2 aromatic rings. The van der Waals surface area contributed by atoms with Crippen LogP contribution in [0, 0.1) is 13.8 Å². The van der Waals surface area contributed by atoms with Crippen LogP contribution in [0.15, 0.2) is 28.1 Å². The van der Waals surface area contributed by atoms with E-state index in [0.29, 0.717) is 6.04 Å². The number of aryl methyl sites for hydroxylation is 2. The molecule has 18 heavy (non-hydrogen) atoms. The first-order chi connectivity index (χ1) is 8.60. The molecule has 0 amide bonds. The van der Waals surface area contributed by atoms with E-state index in [4.69, 9.17) is 0 Å². The quantitative estimate of drug-likeness (QED) is 0.918. The van der Waals surface area contributed by atoms with E-state index in [9.17, 15) is 0 Å². The molecule has 0 aliphatic carbocycles. The molecule has 0 saturated heterocycles. The number of likely N-dealkylation sites (N-methyl/N-ethyl adjacent to an activating group) is 1. The second-order valence-corrected chi connectivity index (χ2v) is 6.33. The molecule has 1 aromatic heterocycles. The Morgan fingerprint density at radius 3 is 2.72 bits per heavy atom. The van der Waals surface area contributed by atoms with E-state index in [-0.39, 0.29) is 0 Å². The van der Waals surface area contributed by atoms with Crippen LogP contribution in [-0.4, -0.2) is 12.0 Å². The van der Waals surface area contributed by atoms with Crippen LogP contribution in [0.2, 0.25) is 0 Å². The summed E-state index contributed by atoms with van der Waals surface area (Å²) in [5, 5.41) is 6.65. The molecule has 0 spiro atoms. The maximum atomic E-state index is 4.53. The lowest BCUT2D eigenvalue weighted by Crippen LogP contribution is -2.19. The van der Waals surface area contributed by atoms with Crippen molar-refractivity contribution in [2.75, 3.05) is 7.05 Å². The summed E-state index contributed by atoms with van der Waals surface area (Å²) in [6.45, 7) is 4.17. The zero-order valence-corrected chi connectivity index (χ0v) is 13.2. The van der Waals surface area contributed by atoms with Gasteiger partial charge in [-0.1, -0.05) is 28.1 Å². The van der Waals surface area contributed by atoms with Gasteiger partial charge in [-0.2, -0.15) is 0 Å². The topological polar surface area (TPSA) is 24.9 Å². The molecular formula is C14H17BrN2S. The number of hydrogen-bond donors (Lipinski definition) is 1. The molecule has 1 aromatic carbocycles. The Bertz CT molecular complexity index is 536. The molecule has 96 valence electrons. The fourth-order valence-electron chi connectivity index (χ4n) is 1.98. The van der Waals surface area contributed by atoms with Gasteiger partial charge in [0.05, 0.1) is 10.7 Å². The van der Waals surface area contributed by atoms with Gasteiger partial charge >= 0.3 is 0 Å². The highest BCUT2D eigenvalue weighted by molar-refractivity contribution is 9.10. The predicted octanol–water partition coefficient (Wildman–Crippen LogP) is 4.03. The largest absolute Gasteiger partial charge is 0.313 e. The highest BCUT2D eigenvalue weighted by atomic mass is 79.9. The summed E-state index contributed by atoms with van der Waals surface area (Å²) >= 11 is 5.25. The van der Waals surface area contributed by atoms with Gasteiger partial charge in [-0.3, -0.25) is 0 Å². The number of rotatable bonds is 4. The molecule has 4 heteroatoms. The van der Waals surface area contributed by atoms with Crippen LogP contribution in [0.5, 0.6) is 0 Å². The summed E-state index contributed by atoms with van der Waals surface area (Å²) in [7, 11) is 2.00. The fourth-order valence-corrected chi connectivity index (χ4v) is 2.85. The number of halogens is 1. The third-order valence-corrected chi connectivity index (χ3v) is 4.72. The molecule has 0 aliphatic heterocycles. The summed E-state index contributed by atoms with van der Waals surface area (Å²) in [6.07, 6.45) is 0.932. The smallest absolute Gasteiger partial charge is 0.0897 e. The van der Waals surface area contributed by atoms with Gasteiger partial charge in [-0.05, 0) is 38.1 Å². The lowest BCUT2D eigenvalue weighted by atomic mass is 10.0. The zero-order valence-electron chi connectivity index (χ0n) is 10.8. The molecule has 2 nitrogen and oxygen atoms in total. The zero-order chi connectivity index (χ0) is 13.1. The Labute approximate surface area is 121 Å². The second kappa shape index (κ2) is 5.95. The minimum atomic E-state index is 0.318. The second-order valence-electron chi connectivity index (χ2n) is 4.41. The Morgan fingerprint density at radius 1 is 1.39 bits per heavy atom. The molecule has 0 radical (unpaired) electrons. The average molecular weight is 325 g/mol. The number of nitrogens with zero attached hydrogens (tertiary/aromatic N) is 1. The summed E-state index contributed by atoms with van der Waals surface area (Å²) in [5.74, 6) is 0. The van der Waals surface area contributed by atoms with E-state index >= 15 is 0 Å². The van der Waals surface area contributed by atoms with Crippen molar-refractivity contribution in [3.05, 3.63) is 49.9 Å². The van der Waals surface area contributed by atoms with Crippen molar-refractivity contribution in [3.8, 4) is 0 Å². The lowest BCUT2D eigenvalue weighted by Gasteiger charge is -2.16. The number of aromatic nitrogens is 1. The monoisotopic (exact) mass is 324 g/mol. The van der Waals surface area contributed by atoms with Crippen molar-refractivity contribution in [2.45, 2.75) is 26.3 Å². The Hall–Kier alpha value is -0.710. The molecule has 0 fully saturated rings. The first kappa shape index (κ1) is 13.7. The fraction of sp³-hybridized carbons (Fsp3) is 0.357. The van der Waals surface area contributed by atoms with Crippen LogP contribution in [-0.2, 0) is 6.42 Å². The molecule has 1 unspecified atom stereocenters. The van der Waals surface area contributed by atoms with Crippen molar-refractivity contribution in [1.82, 2.24) is 10.3 Å². The van der Waals surface area contributed by atoms with E-state index < -0.39 is 0 Å². The number of benzene rings is 1. The molecule has 0 bridgehead atoms. The van der Waals surface area contributed by atoms with Crippen molar-refractivity contribution < 1.29 is 0 Å². The SMILES string of the molecule is CNC(Cc1csc(C)n1)c1ccc(Br)c(C)c1. The van der Waals surface area contributed by atoms with Gasteiger partial charge in [0.2, 0.25) is 0 Å². The number of hydrogen-bond acceptors (Lipinski definition) is 3. The molecule has 0 aliphatic rings. The van der Waals surface area contributed by atoms with Gasteiger partial charge in [0, 0.05) is 22.3 Å². The Balaban J connectivity index is 2.19. The van der Waals surface area contributed by atoms with E-state index in [1.807, 2.05) is 14.0 Å². The van der Waals surface area contributed by atoms with Crippen LogP contribution in [0.25, 0.3) is 0 Å². The molecule has 1 heterocycles. The van der Waals surface area contributed by atoms with Crippen molar-refractivity contribution in [3.63, 3.8) is 0 Å². The first-order valence-electron chi connectivity index (χ1n) is 5.94. The highest BCUT2D eigenvalue weighted by Gasteiger charge is 2.12. The molecule has 0 saturated carbocycles. The minimum Gasteiger partial charge on any atom is -0.313 e. The standard InChI is InChI=1S/C14H17BrN2S/c1-9-6-11(4-5-13(9)15)14(16-3)7-12-8-18-10(2)17-12/h4-6,8,14,16H,7H2,1-3H3. The van der Waals surface area contributed by atoms with Gasteiger partial charge in [0.25, 0.3) is 0 Å². The molecular weight excluding hydrogens is 308 g/mol. The molecule has 1 atom stereocenters. The van der Waals surface area contributed by atoms with Crippen LogP contribution in [0.1, 0.15) is 27.9 Å². The van der Waals surface area contributed by atoms with E-state index in [2.05, 4.69) is 56.7 Å². The third-order valence-electron chi connectivity index (χ3n) is 3.01. The van der Waals surface area contributed by atoms with Gasteiger partial charge in [0.1, 0.15) is 0 Å². The highest BCUT2D eigenvalue weighted by Crippen LogP contribution is 2.24. The van der Waals surface area contributed by atoms with Crippen LogP contribution < -0.4 is 5.32 Å². The van der Waals surface area contributed by atoms with E-state index in [1.54, 1.807) is 11.3 Å². The van der Waals surface area contributed by atoms with Gasteiger partial charge < -0.3 is 5.32 Å².